The zero-order valence-corrected chi connectivity index (χ0v) is 14.3. The van der Waals surface area contributed by atoms with Gasteiger partial charge in [-0.3, -0.25) is 9.59 Å². The molecule has 2 aromatic rings. The number of imide groups is 1. The van der Waals surface area contributed by atoms with Gasteiger partial charge in [0.2, 0.25) is 0 Å². The topological polar surface area (TPSA) is 65.3 Å². The third-order valence-corrected chi connectivity index (χ3v) is 4.54. The maximum atomic E-state index is 13.0. The van der Waals surface area contributed by atoms with Crippen molar-refractivity contribution in [3.05, 3.63) is 59.2 Å². The van der Waals surface area contributed by atoms with Crippen LogP contribution in [0.2, 0.25) is 0 Å². The average molecular weight is 334 g/mol. The van der Waals surface area contributed by atoms with Crippen LogP contribution in [-0.2, 0) is 9.59 Å². The number of nitrogens with zero attached hydrogens (tertiary/aromatic N) is 4. The lowest BCUT2D eigenvalue weighted by Gasteiger charge is -2.21. The number of fused-ring (bicyclic) bond motifs is 1. The van der Waals surface area contributed by atoms with Crippen LogP contribution >= 0.6 is 0 Å². The Hall–Kier alpha value is -3.02. The summed E-state index contributed by atoms with van der Waals surface area (Å²) in [4.78, 5) is 27.0. The largest absolute Gasteiger partial charge is 0.271 e. The van der Waals surface area contributed by atoms with Crippen LogP contribution in [-0.4, -0.2) is 23.9 Å². The van der Waals surface area contributed by atoms with E-state index in [1.165, 1.54) is 4.90 Å². The first kappa shape index (κ1) is 15.5. The number of carbonyl (C=O) groups excluding carboxylic acids is 2. The Balaban J connectivity index is 1.71. The fraction of sp³-hybridized carbons (Fsp3) is 0.263. The second-order valence-corrected chi connectivity index (χ2v) is 6.63. The van der Waals surface area contributed by atoms with Crippen molar-refractivity contribution in [3.8, 4) is 0 Å². The zero-order chi connectivity index (χ0) is 17.7. The Bertz CT molecular complexity index is 884. The van der Waals surface area contributed by atoms with Crippen LogP contribution in [0.1, 0.15) is 16.7 Å². The molecule has 0 bridgehead atoms. The molecule has 0 aromatic heterocycles. The van der Waals surface area contributed by atoms with Gasteiger partial charge in [-0.15, -0.1) is 0 Å². The molecule has 2 heterocycles. The average Bonchev–Trinajstić information content (AvgIpc) is 3.08. The Morgan fingerprint density at radius 2 is 1.44 bits per heavy atom. The SMILES string of the molecule is Cc1ccc(N2N=NC3C(=O)N(c4cc(C)cc(C)c4)C(=O)C32)cc1. The van der Waals surface area contributed by atoms with E-state index in [4.69, 9.17) is 0 Å². The van der Waals surface area contributed by atoms with Crippen LogP contribution in [0.3, 0.4) is 0 Å². The number of aryl methyl sites for hydroxylation is 3. The molecule has 0 aliphatic carbocycles. The van der Waals surface area contributed by atoms with E-state index in [9.17, 15) is 9.59 Å². The first-order chi connectivity index (χ1) is 12.0. The maximum absolute atomic E-state index is 13.0. The molecular formula is C19H18N4O2. The van der Waals surface area contributed by atoms with Gasteiger partial charge >= 0.3 is 0 Å². The summed E-state index contributed by atoms with van der Waals surface area (Å²) in [6.07, 6.45) is 0. The van der Waals surface area contributed by atoms with E-state index in [-0.39, 0.29) is 11.8 Å². The molecule has 0 N–H and O–H groups in total. The minimum atomic E-state index is -0.783. The molecule has 4 rings (SSSR count). The number of anilines is 2. The van der Waals surface area contributed by atoms with Crippen LogP contribution in [0.15, 0.2) is 52.8 Å². The predicted molar refractivity (Wildman–Crippen MR) is 94.5 cm³/mol. The monoisotopic (exact) mass is 334 g/mol. The van der Waals surface area contributed by atoms with Crippen molar-refractivity contribution in [2.75, 3.05) is 9.91 Å². The molecule has 0 spiro atoms. The van der Waals surface area contributed by atoms with Crippen LogP contribution in [0.5, 0.6) is 0 Å². The number of hydrogen-bond donors (Lipinski definition) is 0. The number of amides is 2. The van der Waals surface area contributed by atoms with Crippen molar-refractivity contribution in [3.63, 3.8) is 0 Å². The number of hydrogen-bond acceptors (Lipinski definition) is 5. The van der Waals surface area contributed by atoms with E-state index in [1.54, 1.807) is 5.01 Å². The summed E-state index contributed by atoms with van der Waals surface area (Å²) in [5.41, 5.74) is 4.47. The molecule has 6 nitrogen and oxygen atoms in total. The van der Waals surface area contributed by atoms with Gasteiger partial charge in [0.25, 0.3) is 11.8 Å². The van der Waals surface area contributed by atoms with E-state index in [0.717, 1.165) is 22.4 Å². The second-order valence-electron chi connectivity index (χ2n) is 6.63. The molecule has 1 saturated heterocycles. The van der Waals surface area contributed by atoms with Gasteiger partial charge in [-0.2, -0.15) is 5.11 Å². The Kier molecular flexibility index (Phi) is 3.42. The summed E-state index contributed by atoms with van der Waals surface area (Å²) in [5, 5.41) is 9.69. The van der Waals surface area contributed by atoms with Gasteiger partial charge in [-0.1, -0.05) is 29.0 Å². The molecule has 2 amide bonds. The minimum absolute atomic E-state index is 0.287. The van der Waals surface area contributed by atoms with E-state index in [1.807, 2.05) is 63.2 Å². The smallest absolute Gasteiger partial charge is 0.263 e. The van der Waals surface area contributed by atoms with E-state index in [2.05, 4.69) is 10.3 Å². The van der Waals surface area contributed by atoms with Crippen LogP contribution in [0.25, 0.3) is 0 Å². The number of carbonyl (C=O) groups is 2. The van der Waals surface area contributed by atoms with E-state index < -0.39 is 12.1 Å². The molecule has 126 valence electrons. The standard InChI is InChI=1S/C19H18N4O2/c1-11-4-6-14(7-5-11)23-17-16(20-21-23)18(24)22(19(17)25)15-9-12(2)8-13(3)10-15/h4-10,16-17H,1-3H3. The molecule has 2 unspecified atom stereocenters. The third kappa shape index (κ3) is 2.41. The third-order valence-electron chi connectivity index (χ3n) is 4.54. The second kappa shape index (κ2) is 5.51. The summed E-state index contributed by atoms with van der Waals surface area (Å²) in [7, 11) is 0. The van der Waals surface area contributed by atoms with Crippen molar-refractivity contribution in [1.82, 2.24) is 0 Å². The fourth-order valence-electron chi connectivity index (χ4n) is 3.41. The van der Waals surface area contributed by atoms with Crippen LogP contribution in [0, 0.1) is 20.8 Å². The summed E-state index contributed by atoms with van der Waals surface area (Å²) < 4.78 is 0. The predicted octanol–water partition coefficient (Wildman–Crippen LogP) is 3.11. The van der Waals surface area contributed by atoms with Crippen molar-refractivity contribution in [1.29, 1.82) is 0 Å². The molecule has 0 radical (unpaired) electrons. The van der Waals surface area contributed by atoms with Crippen molar-refractivity contribution >= 4 is 23.2 Å². The Morgan fingerprint density at radius 3 is 2.08 bits per heavy atom. The normalized spacial score (nSPS) is 22.0. The first-order valence-electron chi connectivity index (χ1n) is 8.18. The van der Waals surface area contributed by atoms with Crippen molar-refractivity contribution < 1.29 is 9.59 Å². The molecule has 2 aliphatic rings. The Morgan fingerprint density at radius 1 is 0.800 bits per heavy atom. The quantitative estimate of drug-likeness (QED) is 0.793. The van der Waals surface area contributed by atoms with Crippen LogP contribution in [0.4, 0.5) is 11.4 Å². The van der Waals surface area contributed by atoms with Gasteiger partial charge in [0, 0.05) is 0 Å². The lowest BCUT2D eigenvalue weighted by Crippen LogP contribution is -2.39. The van der Waals surface area contributed by atoms with E-state index in [0.29, 0.717) is 5.69 Å². The van der Waals surface area contributed by atoms with E-state index >= 15 is 0 Å². The molecule has 25 heavy (non-hydrogen) atoms. The fourth-order valence-corrected chi connectivity index (χ4v) is 3.41. The highest BCUT2D eigenvalue weighted by molar-refractivity contribution is 6.26. The summed E-state index contributed by atoms with van der Waals surface area (Å²) in [6.45, 7) is 5.88. The highest BCUT2D eigenvalue weighted by Crippen LogP contribution is 2.35. The lowest BCUT2D eigenvalue weighted by molar-refractivity contribution is -0.121. The summed E-state index contributed by atoms with van der Waals surface area (Å²) in [5.74, 6) is -0.607. The summed E-state index contributed by atoms with van der Waals surface area (Å²) >= 11 is 0. The maximum Gasteiger partial charge on any atom is 0.263 e. The lowest BCUT2D eigenvalue weighted by atomic mass is 10.1. The highest BCUT2D eigenvalue weighted by Gasteiger charge is 2.55. The molecule has 2 aliphatic heterocycles. The molecule has 1 fully saturated rings. The van der Waals surface area contributed by atoms with Crippen molar-refractivity contribution in [2.24, 2.45) is 10.3 Å². The van der Waals surface area contributed by atoms with Gasteiger partial charge in [0.15, 0.2) is 12.1 Å². The van der Waals surface area contributed by atoms with Crippen LogP contribution < -0.4 is 9.91 Å². The van der Waals surface area contributed by atoms with Gasteiger partial charge in [-0.05, 0) is 56.2 Å². The molecule has 2 atom stereocenters. The van der Waals surface area contributed by atoms with Crippen molar-refractivity contribution in [2.45, 2.75) is 32.9 Å². The number of benzene rings is 2. The first-order valence-corrected chi connectivity index (χ1v) is 8.18. The minimum Gasteiger partial charge on any atom is -0.271 e. The molecule has 2 aromatic carbocycles. The summed E-state index contributed by atoms with van der Waals surface area (Å²) in [6, 6.07) is 11.9. The Labute approximate surface area is 145 Å². The molecule has 6 heteroatoms. The van der Waals surface area contributed by atoms with Gasteiger partial charge in [0.1, 0.15) is 0 Å². The molecule has 0 saturated carbocycles. The highest BCUT2D eigenvalue weighted by atomic mass is 16.2. The zero-order valence-electron chi connectivity index (χ0n) is 14.3. The van der Waals surface area contributed by atoms with Gasteiger partial charge in [-0.25, -0.2) is 9.91 Å². The number of rotatable bonds is 2. The van der Waals surface area contributed by atoms with Gasteiger partial charge in [0.05, 0.1) is 11.4 Å². The van der Waals surface area contributed by atoms with Gasteiger partial charge < -0.3 is 0 Å². The molecular weight excluding hydrogens is 316 g/mol.